The molecule has 1 aliphatic carbocycles. The number of aliphatic imine (C=N–C) groups is 1. The van der Waals surface area contributed by atoms with Gasteiger partial charge in [0.2, 0.25) is 5.91 Å². The van der Waals surface area contributed by atoms with Crippen molar-refractivity contribution < 1.29 is 9.18 Å². The van der Waals surface area contributed by atoms with Gasteiger partial charge < -0.3 is 15.5 Å². The maximum Gasteiger partial charge on any atom is 0.225 e. The van der Waals surface area contributed by atoms with Gasteiger partial charge in [-0.1, -0.05) is 32.0 Å². The van der Waals surface area contributed by atoms with Gasteiger partial charge in [-0.25, -0.2) is 4.39 Å². The third-order valence-corrected chi connectivity index (χ3v) is 5.07. The second-order valence-corrected chi connectivity index (χ2v) is 7.51. The lowest BCUT2D eigenvalue weighted by Gasteiger charge is -2.20. The molecule has 1 aromatic carbocycles. The Balaban J connectivity index is 0.00000261. The molecule has 5 nitrogen and oxygen atoms in total. The summed E-state index contributed by atoms with van der Waals surface area (Å²) in [5.74, 6) is 1.06. The molecule has 3 unspecified atom stereocenters. The van der Waals surface area contributed by atoms with E-state index in [-0.39, 0.29) is 59.6 Å². The fourth-order valence-electron chi connectivity index (χ4n) is 3.58. The number of likely N-dealkylation sites (tertiary alicyclic amines) is 1. The van der Waals surface area contributed by atoms with Gasteiger partial charge in [-0.3, -0.25) is 9.79 Å². The molecule has 1 saturated heterocycles. The highest BCUT2D eigenvalue weighted by Crippen LogP contribution is 2.41. The first kappa shape index (κ1) is 21.9. The number of amides is 1. The molecule has 1 aromatic rings. The Morgan fingerprint density at radius 2 is 2.07 bits per heavy atom. The van der Waals surface area contributed by atoms with Crippen molar-refractivity contribution in [1.29, 1.82) is 0 Å². The number of nitrogens with one attached hydrogen (secondary N) is 2. The van der Waals surface area contributed by atoms with E-state index in [2.05, 4.69) is 15.6 Å². The van der Waals surface area contributed by atoms with Crippen LogP contribution in [0.15, 0.2) is 29.3 Å². The molecule has 27 heavy (non-hydrogen) atoms. The van der Waals surface area contributed by atoms with E-state index in [9.17, 15) is 9.18 Å². The molecule has 0 aromatic heterocycles. The molecule has 7 heteroatoms. The topological polar surface area (TPSA) is 56.7 Å². The lowest BCUT2D eigenvalue weighted by molar-refractivity contribution is -0.133. The lowest BCUT2D eigenvalue weighted by atomic mass is 10.1. The summed E-state index contributed by atoms with van der Waals surface area (Å²) in [5, 5.41) is 6.88. The van der Waals surface area contributed by atoms with E-state index in [1.165, 1.54) is 6.07 Å². The van der Waals surface area contributed by atoms with Gasteiger partial charge in [0.15, 0.2) is 5.96 Å². The second-order valence-electron chi connectivity index (χ2n) is 7.51. The summed E-state index contributed by atoms with van der Waals surface area (Å²) < 4.78 is 13.9. The number of rotatable bonds is 5. The number of benzene rings is 1. The maximum atomic E-state index is 13.9. The first-order valence-electron chi connectivity index (χ1n) is 9.60. The SMILES string of the molecule is CCN=C(NC1CCN(C(=O)C(C)C)C1)NC1CC1c1ccccc1F.I. The maximum absolute atomic E-state index is 13.9. The molecule has 3 atom stereocenters. The average molecular weight is 488 g/mol. The number of guanidine groups is 1. The fourth-order valence-corrected chi connectivity index (χ4v) is 3.58. The molecule has 2 N–H and O–H groups in total. The summed E-state index contributed by atoms with van der Waals surface area (Å²) in [5.41, 5.74) is 0.774. The number of hydrogen-bond acceptors (Lipinski definition) is 2. The fraction of sp³-hybridized carbons (Fsp3) is 0.600. The molecular weight excluding hydrogens is 458 g/mol. The summed E-state index contributed by atoms with van der Waals surface area (Å²) in [7, 11) is 0. The molecule has 1 saturated carbocycles. The molecular formula is C20H30FIN4O. The molecule has 1 heterocycles. The van der Waals surface area contributed by atoms with E-state index in [1.54, 1.807) is 6.07 Å². The van der Waals surface area contributed by atoms with Crippen LogP contribution in [-0.2, 0) is 4.79 Å². The summed E-state index contributed by atoms with van der Waals surface area (Å²) in [6.07, 6.45) is 1.83. The number of nitrogens with zero attached hydrogens (tertiary/aromatic N) is 2. The van der Waals surface area contributed by atoms with Crippen LogP contribution in [0, 0.1) is 11.7 Å². The van der Waals surface area contributed by atoms with Gasteiger partial charge in [0.1, 0.15) is 5.82 Å². The van der Waals surface area contributed by atoms with Gasteiger partial charge in [-0.05, 0) is 31.4 Å². The smallest absolute Gasteiger partial charge is 0.225 e. The largest absolute Gasteiger partial charge is 0.353 e. The molecule has 2 fully saturated rings. The lowest BCUT2D eigenvalue weighted by Crippen LogP contribution is -2.46. The minimum Gasteiger partial charge on any atom is -0.353 e. The summed E-state index contributed by atoms with van der Waals surface area (Å²) in [6.45, 7) is 8.04. The molecule has 0 spiro atoms. The van der Waals surface area contributed by atoms with Crippen LogP contribution in [-0.4, -0.2) is 48.5 Å². The first-order valence-corrected chi connectivity index (χ1v) is 9.60. The van der Waals surface area contributed by atoms with Crippen molar-refractivity contribution in [3.05, 3.63) is 35.6 Å². The summed E-state index contributed by atoms with van der Waals surface area (Å²) >= 11 is 0. The highest BCUT2D eigenvalue weighted by atomic mass is 127. The van der Waals surface area contributed by atoms with E-state index in [0.717, 1.165) is 30.9 Å². The van der Waals surface area contributed by atoms with E-state index in [0.29, 0.717) is 13.1 Å². The van der Waals surface area contributed by atoms with E-state index in [4.69, 9.17) is 0 Å². The van der Waals surface area contributed by atoms with Crippen LogP contribution in [0.4, 0.5) is 4.39 Å². The number of carbonyl (C=O) groups is 1. The van der Waals surface area contributed by atoms with Gasteiger partial charge in [-0.2, -0.15) is 0 Å². The van der Waals surface area contributed by atoms with Crippen molar-refractivity contribution in [3.8, 4) is 0 Å². The monoisotopic (exact) mass is 488 g/mol. The van der Waals surface area contributed by atoms with Crippen molar-refractivity contribution in [2.45, 2.75) is 51.6 Å². The van der Waals surface area contributed by atoms with Crippen molar-refractivity contribution in [2.75, 3.05) is 19.6 Å². The predicted molar refractivity (Wildman–Crippen MR) is 117 cm³/mol. The van der Waals surface area contributed by atoms with Gasteiger partial charge in [-0.15, -0.1) is 24.0 Å². The van der Waals surface area contributed by atoms with Gasteiger partial charge in [0, 0.05) is 43.6 Å². The van der Waals surface area contributed by atoms with Crippen molar-refractivity contribution >= 4 is 35.8 Å². The van der Waals surface area contributed by atoms with Crippen molar-refractivity contribution in [2.24, 2.45) is 10.9 Å². The minimum absolute atomic E-state index is 0. The zero-order valence-electron chi connectivity index (χ0n) is 16.2. The van der Waals surface area contributed by atoms with Crippen LogP contribution >= 0.6 is 24.0 Å². The second kappa shape index (κ2) is 9.71. The van der Waals surface area contributed by atoms with Crippen LogP contribution in [0.5, 0.6) is 0 Å². The molecule has 150 valence electrons. The highest BCUT2D eigenvalue weighted by molar-refractivity contribution is 14.0. The Kier molecular flexibility index (Phi) is 7.88. The average Bonchev–Trinajstić information content (AvgIpc) is 3.20. The third-order valence-electron chi connectivity index (χ3n) is 5.07. The molecule has 1 aliphatic heterocycles. The zero-order valence-corrected chi connectivity index (χ0v) is 18.6. The first-order chi connectivity index (χ1) is 12.5. The standard InChI is InChI=1S/C20H29FN4O.HI/c1-4-22-20(23-14-9-10-25(12-14)19(26)13(2)3)24-18-11-16(18)15-7-5-6-8-17(15)21;/h5-8,13-14,16,18H,4,9-12H2,1-3H3,(H2,22,23,24);1H. The number of halogens is 2. The Morgan fingerprint density at radius 3 is 2.74 bits per heavy atom. The highest BCUT2D eigenvalue weighted by Gasteiger charge is 2.41. The molecule has 1 amide bonds. The number of carbonyl (C=O) groups excluding carboxylic acids is 1. The molecule has 0 bridgehead atoms. The van der Waals surface area contributed by atoms with Crippen molar-refractivity contribution in [1.82, 2.24) is 15.5 Å². The Morgan fingerprint density at radius 1 is 1.33 bits per heavy atom. The Labute approximate surface area is 178 Å². The van der Waals surface area contributed by atoms with Crippen LogP contribution < -0.4 is 10.6 Å². The molecule has 0 radical (unpaired) electrons. The normalized spacial score (nSPS) is 24.6. The summed E-state index contributed by atoms with van der Waals surface area (Å²) in [4.78, 5) is 18.6. The van der Waals surface area contributed by atoms with Crippen molar-refractivity contribution in [3.63, 3.8) is 0 Å². The molecule has 3 rings (SSSR count). The van der Waals surface area contributed by atoms with Crippen LogP contribution in [0.2, 0.25) is 0 Å². The Hall–Kier alpha value is -1.38. The number of hydrogen-bond donors (Lipinski definition) is 2. The van der Waals surface area contributed by atoms with E-state index in [1.807, 2.05) is 37.8 Å². The minimum atomic E-state index is -0.137. The molecule has 2 aliphatic rings. The quantitative estimate of drug-likeness (QED) is 0.381. The van der Waals surface area contributed by atoms with E-state index >= 15 is 0 Å². The van der Waals surface area contributed by atoms with E-state index < -0.39 is 0 Å². The van der Waals surface area contributed by atoms with Crippen LogP contribution in [0.1, 0.15) is 45.1 Å². The van der Waals surface area contributed by atoms with Crippen LogP contribution in [0.3, 0.4) is 0 Å². The zero-order chi connectivity index (χ0) is 18.7. The summed E-state index contributed by atoms with van der Waals surface area (Å²) in [6, 6.07) is 7.40. The predicted octanol–water partition coefficient (Wildman–Crippen LogP) is 3.11. The van der Waals surface area contributed by atoms with Gasteiger partial charge >= 0.3 is 0 Å². The van der Waals surface area contributed by atoms with Gasteiger partial charge in [0.25, 0.3) is 0 Å². The Bertz CT molecular complexity index is 682. The van der Waals surface area contributed by atoms with Gasteiger partial charge in [0.05, 0.1) is 0 Å². The van der Waals surface area contributed by atoms with Crippen LogP contribution in [0.25, 0.3) is 0 Å². The third kappa shape index (κ3) is 5.56.